The molecule has 1 N–H and O–H groups in total. The highest BCUT2D eigenvalue weighted by Gasteiger charge is 2.49. The van der Waals surface area contributed by atoms with Gasteiger partial charge in [-0.3, -0.25) is 4.90 Å². The molecule has 4 aliphatic heterocycles. The summed E-state index contributed by atoms with van der Waals surface area (Å²) in [6.07, 6.45) is 2.20. The molecule has 46 heavy (non-hydrogen) atoms. The SMILES string of the molecule is CCc1c(-c2cc(C(F)F)cc(Cl)c2C2CC2)nc2c3c(nc(OC[C@@]45CCCN4C[C@H](F)C5)nc13)N1C[C@@H](CC)NC[C@H]1CO2. The van der Waals surface area contributed by atoms with Crippen molar-refractivity contribution in [3.63, 3.8) is 0 Å². The zero-order valence-corrected chi connectivity index (χ0v) is 27.1. The molecule has 246 valence electrons. The van der Waals surface area contributed by atoms with Gasteiger partial charge in [0.2, 0.25) is 5.88 Å². The maximum atomic E-state index is 14.6. The molecule has 5 aliphatic rings. The molecule has 1 aromatic carbocycles. The Morgan fingerprint density at radius 1 is 1.17 bits per heavy atom. The van der Waals surface area contributed by atoms with Crippen LogP contribution in [0.4, 0.5) is 19.0 Å². The number of benzene rings is 1. The summed E-state index contributed by atoms with van der Waals surface area (Å²) in [5, 5.41) is 4.68. The Kier molecular flexibility index (Phi) is 7.72. The van der Waals surface area contributed by atoms with Gasteiger partial charge in [-0.05, 0) is 68.7 Å². The van der Waals surface area contributed by atoms with Crippen LogP contribution in [0.5, 0.6) is 11.9 Å². The van der Waals surface area contributed by atoms with Crippen LogP contribution >= 0.6 is 11.6 Å². The summed E-state index contributed by atoms with van der Waals surface area (Å²) in [5.74, 6) is 1.30. The Morgan fingerprint density at radius 2 is 2.02 bits per heavy atom. The fourth-order valence-corrected chi connectivity index (χ4v) is 8.61. The monoisotopic (exact) mass is 656 g/mol. The summed E-state index contributed by atoms with van der Waals surface area (Å²) in [5.41, 5.74) is 3.00. The third-order valence-corrected chi connectivity index (χ3v) is 11.1. The lowest BCUT2D eigenvalue weighted by molar-refractivity contribution is 0.107. The number of halogens is 4. The standard InChI is InChI=1S/C34H40ClF3N6O2/c1-3-21-15-44-22(13-39-21)16-45-32-27-29(41-33(42-31(27)44)46-17-34-8-5-9-43(34)14-20(36)12-34)23(4-2)28(40-32)24-10-19(30(37)38)11-25(35)26(24)18-6-7-18/h10-11,18,20-22,30,39H,3-9,12-17H2,1-2H3/t20-,21-,22+,34+/m1/s1. The molecular formula is C34H40ClF3N6O2. The molecule has 1 aliphatic carbocycles. The van der Waals surface area contributed by atoms with Crippen molar-refractivity contribution in [3.05, 3.63) is 33.8 Å². The fraction of sp³-hybridized carbons (Fsp3) is 0.618. The average molecular weight is 657 g/mol. The van der Waals surface area contributed by atoms with Gasteiger partial charge in [-0.15, -0.1) is 0 Å². The predicted octanol–water partition coefficient (Wildman–Crippen LogP) is 6.63. The lowest BCUT2D eigenvalue weighted by Crippen LogP contribution is -2.58. The molecular weight excluding hydrogens is 617 g/mol. The van der Waals surface area contributed by atoms with Crippen LogP contribution in [-0.2, 0) is 6.42 Å². The van der Waals surface area contributed by atoms with Crippen LogP contribution in [0, 0.1) is 0 Å². The molecule has 6 heterocycles. The predicted molar refractivity (Wildman–Crippen MR) is 171 cm³/mol. The van der Waals surface area contributed by atoms with Crippen LogP contribution < -0.4 is 19.7 Å². The number of aromatic nitrogens is 3. The number of nitrogens with one attached hydrogen (secondary N) is 1. The van der Waals surface area contributed by atoms with Crippen LogP contribution in [0.1, 0.15) is 81.4 Å². The molecule has 0 amide bonds. The minimum absolute atomic E-state index is 0.00107. The molecule has 4 fully saturated rings. The van der Waals surface area contributed by atoms with Crippen molar-refractivity contribution in [2.75, 3.05) is 44.3 Å². The maximum absolute atomic E-state index is 14.6. The normalized spacial score (nSPS) is 27.5. The lowest BCUT2D eigenvalue weighted by Gasteiger charge is -2.39. The summed E-state index contributed by atoms with van der Waals surface area (Å²) in [7, 11) is 0. The van der Waals surface area contributed by atoms with Gasteiger partial charge in [0.15, 0.2) is 0 Å². The molecule has 2 aromatic heterocycles. The largest absolute Gasteiger partial charge is 0.475 e. The molecule has 3 aromatic rings. The van der Waals surface area contributed by atoms with Gasteiger partial charge in [-0.2, -0.15) is 9.97 Å². The molecule has 1 saturated carbocycles. The first kappa shape index (κ1) is 30.4. The van der Waals surface area contributed by atoms with Crippen molar-refractivity contribution < 1.29 is 22.6 Å². The Bertz CT molecular complexity index is 1670. The Morgan fingerprint density at radius 3 is 2.78 bits per heavy atom. The van der Waals surface area contributed by atoms with E-state index in [9.17, 15) is 13.2 Å². The average Bonchev–Trinajstić information content (AvgIpc) is 3.77. The number of nitrogens with zero attached hydrogens (tertiary/aromatic N) is 5. The molecule has 8 nitrogen and oxygen atoms in total. The fourth-order valence-electron chi connectivity index (χ4n) is 8.23. The van der Waals surface area contributed by atoms with E-state index >= 15 is 0 Å². The van der Waals surface area contributed by atoms with Gasteiger partial charge in [0.1, 0.15) is 30.6 Å². The molecule has 4 atom stereocenters. The van der Waals surface area contributed by atoms with E-state index in [2.05, 4.69) is 22.0 Å². The van der Waals surface area contributed by atoms with E-state index in [1.54, 1.807) is 6.07 Å². The number of piperazine rings is 1. The smallest absolute Gasteiger partial charge is 0.319 e. The van der Waals surface area contributed by atoms with E-state index in [1.807, 2.05) is 6.92 Å². The molecule has 0 unspecified atom stereocenters. The van der Waals surface area contributed by atoms with Crippen molar-refractivity contribution in [3.8, 4) is 23.1 Å². The third-order valence-electron chi connectivity index (χ3n) is 10.8. The highest BCUT2D eigenvalue weighted by molar-refractivity contribution is 6.32. The summed E-state index contributed by atoms with van der Waals surface area (Å²) < 4.78 is 55.7. The van der Waals surface area contributed by atoms with Crippen molar-refractivity contribution >= 4 is 28.3 Å². The lowest BCUT2D eigenvalue weighted by atomic mass is 9.93. The maximum Gasteiger partial charge on any atom is 0.319 e. The number of rotatable bonds is 8. The van der Waals surface area contributed by atoms with Gasteiger partial charge in [0.25, 0.3) is 6.43 Å². The topological polar surface area (TPSA) is 75.6 Å². The second-order valence-corrected chi connectivity index (χ2v) is 14.1. The summed E-state index contributed by atoms with van der Waals surface area (Å²) in [4.78, 5) is 19.7. The minimum atomic E-state index is -2.68. The first-order chi connectivity index (χ1) is 22.3. The number of fused-ring (bicyclic) bond motifs is 3. The van der Waals surface area contributed by atoms with Crippen molar-refractivity contribution in [1.29, 1.82) is 0 Å². The van der Waals surface area contributed by atoms with E-state index in [0.717, 1.165) is 62.9 Å². The Balaban J connectivity index is 1.32. The van der Waals surface area contributed by atoms with E-state index in [1.165, 1.54) is 6.07 Å². The number of hydrogen-bond donors (Lipinski definition) is 1. The van der Waals surface area contributed by atoms with Gasteiger partial charge in [0, 0.05) is 53.8 Å². The highest BCUT2D eigenvalue weighted by atomic mass is 35.5. The van der Waals surface area contributed by atoms with Crippen LogP contribution in [0.3, 0.4) is 0 Å². The number of aryl methyl sites for hydroxylation is 1. The molecule has 0 radical (unpaired) electrons. The Labute approximate surface area is 272 Å². The summed E-state index contributed by atoms with van der Waals surface area (Å²) in [6.45, 7) is 7.63. The molecule has 3 saturated heterocycles. The van der Waals surface area contributed by atoms with E-state index < -0.39 is 12.6 Å². The van der Waals surface area contributed by atoms with E-state index in [4.69, 9.17) is 36.0 Å². The molecule has 12 heteroatoms. The van der Waals surface area contributed by atoms with Gasteiger partial charge >= 0.3 is 6.01 Å². The van der Waals surface area contributed by atoms with Gasteiger partial charge in [0.05, 0.1) is 22.8 Å². The van der Waals surface area contributed by atoms with Crippen molar-refractivity contribution in [2.24, 2.45) is 0 Å². The number of pyridine rings is 1. The van der Waals surface area contributed by atoms with Crippen LogP contribution in [0.2, 0.25) is 5.02 Å². The van der Waals surface area contributed by atoms with Gasteiger partial charge in [-0.25, -0.2) is 18.2 Å². The number of anilines is 1. The van der Waals surface area contributed by atoms with Gasteiger partial charge in [-0.1, -0.05) is 25.4 Å². The van der Waals surface area contributed by atoms with E-state index in [-0.39, 0.29) is 35.1 Å². The minimum Gasteiger partial charge on any atom is -0.475 e. The van der Waals surface area contributed by atoms with Crippen LogP contribution in [-0.4, -0.2) is 83.0 Å². The molecule has 0 spiro atoms. The Hall–Kier alpha value is -2.89. The van der Waals surface area contributed by atoms with Crippen LogP contribution in [0.15, 0.2) is 12.1 Å². The van der Waals surface area contributed by atoms with Crippen LogP contribution in [0.25, 0.3) is 22.2 Å². The zero-order valence-electron chi connectivity index (χ0n) is 26.3. The second kappa shape index (κ2) is 11.7. The zero-order chi connectivity index (χ0) is 31.7. The highest BCUT2D eigenvalue weighted by Crippen LogP contribution is 2.51. The quantitative estimate of drug-likeness (QED) is 0.290. The molecule has 0 bridgehead atoms. The number of alkyl halides is 3. The van der Waals surface area contributed by atoms with Gasteiger partial charge < -0.3 is 19.7 Å². The first-order valence-corrected chi connectivity index (χ1v) is 17.2. The summed E-state index contributed by atoms with van der Waals surface area (Å²) in [6, 6.07) is 3.44. The number of ether oxygens (including phenoxy) is 2. The summed E-state index contributed by atoms with van der Waals surface area (Å²) >= 11 is 6.72. The van der Waals surface area contributed by atoms with Crippen molar-refractivity contribution in [1.82, 2.24) is 25.2 Å². The first-order valence-electron chi connectivity index (χ1n) is 16.8. The number of hydrogen-bond acceptors (Lipinski definition) is 8. The second-order valence-electron chi connectivity index (χ2n) is 13.7. The molecule has 8 rings (SSSR count). The van der Waals surface area contributed by atoms with E-state index in [0.29, 0.717) is 71.5 Å². The van der Waals surface area contributed by atoms with Crippen molar-refractivity contribution in [2.45, 2.75) is 94.9 Å². The third kappa shape index (κ3) is 5.08.